The number of piperidine rings is 1. The van der Waals surface area contributed by atoms with Crippen LogP contribution < -0.4 is 10.2 Å². The van der Waals surface area contributed by atoms with Crippen molar-refractivity contribution in [1.82, 2.24) is 25.1 Å². The van der Waals surface area contributed by atoms with Gasteiger partial charge in [-0.3, -0.25) is 4.68 Å². The van der Waals surface area contributed by atoms with Crippen LogP contribution in [-0.2, 0) is 6.54 Å². The molecule has 0 radical (unpaired) electrons. The Morgan fingerprint density at radius 1 is 1.43 bits per heavy atom. The Kier molecular flexibility index (Phi) is 4.83. The summed E-state index contributed by atoms with van der Waals surface area (Å²) in [5, 5.41) is 17.0. The second-order valence-electron chi connectivity index (χ2n) is 5.93. The fourth-order valence-corrected chi connectivity index (χ4v) is 3.06. The average Bonchev–Trinajstić information content (AvgIpc) is 3.08. The molecule has 0 amide bonds. The van der Waals surface area contributed by atoms with Gasteiger partial charge in [-0.1, -0.05) is 0 Å². The van der Waals surface area contributed by atoms with Gasteiger partial charge in [-0.15, -0.1) is 0 Å². The highest BCUT2D eigenvalue weighted by molar-refractivity contribution is 5.53. The van der Waals surface area contributed by atoms with E-state index < -0.39 is 0 Å². The molecule has 7 heteroatoms. The Morgan fingerprint density at radius 3 is 2.96 bits per heavy atom. The molecular weight excluding hydrogens is 290 g/mol. The highest BCUT2D eigenvalue weighted by Gasteiger charge is 2.22. The zero-order chi connectivity index (χ0) is 16.1. The van der Waals surface area contributed by atoms with Crippen LogP contribution in [-0.4, -0.2) is 44.9 Å². The molecule has 1 saturated heterocycles. The van der Waals surface area contributed by atoms with E-state index in [2.05, 4.69) is 38.3 Å². The molecule has 1 aliphatic heterocycles. The average molecular weight is 311 g/mol. The van der Waals surface area contributed by atoms with E-state index in [1.165, 1.54) is 0 Å². The number of aromatic nitrogens is 4. The zero-order valence-electron chi connectivity index (χ0n) is 13.3. The van der Waals surface area contributed by atoms with Gasteiger partial charge in [0.05, 0.1) is 12.1 Å². The predicted octanol–water partition coefficient (Wildman–Crippen LogP) is 1.19. The van der Waals surface area contributed by atoms with Crippen molar-refractivity contribution in [2.24, 2.45) is 0 Å². The van der Waals surface area contributed by atoms with E-state index in [1.54, 1.807) is 18.9 Å². The molecule has 1 atom stereocenters. The summed E-state index contributed by atoms with van der Waals surface area (Å²) in [5.74, 6) is 0.809. The van der Waals surface area contributed by atoms with E-state index in [0.29, 0.717) is 17.6 Å². The van der Waals surface area contributed by atoms with Gasteiger partial charge in [0.2, 0.25) is 0 Å². The van der Waals surface area contributed by atoms with Crippen molar-refractivity contribution in [3.8, 4) is 6.07 Å². The molecule has 0 saturated carbocycles. The molecule has 120 valence electrons. The van der Waals surface area contributed by atoms with Gasteiger partial charge in [0.25, 0.3) is 0 Å². The number of pyridine rings is 1. The van der Waals surface area contributed by atoms with Gasteiger partial charge < -0.3 is 10.2 Å². The van der Waals surface area contributed by atoms with E-state index in [0.717, 1.165) is 38.3 Å². The fourth-order valence-electron chi connectivity index (χ4n) is 3.06. The fraction of sp³-hybridized carbons (Fsp3) is 0.500. The second-order valence-corrected chi connectivity index (χ2v) is 5.93. The lowest BCUT2D eigenvalue weighted by atomic mass is 10.0. The van der Waals surface area contributed by atoms with Crippen molar-refractivity contribution in [1.29, 1.82) is 5.26 Å². The highest BCUT2D eigenvalue weighted by Crippen LogP contribution is 2.21. The first kappa shape index (κ1) is 15.4. The minimum absolute atomic E-state index is 0.345. The SMILES string of the molecule is C[C@H](Cn1cncn1)NC1CCN(c2ncccc2C#N)CC1. The number of nitriles is 1. The Labute approximate surface area is 136 Å². The van der Waals surface area contributed by atoms with Crippen molar-refractivity contribution in [2.75, 3.05) is 18.0 Å². The summed E-state index contributed by atoms with van der Waals surface area (Å²) in [6, 6.07) is 6.69. The lowest BCUT2D eigenvalue weighted by Gasteiger charge is -2.34. The first-order valence-electron chi connectivity index (χ1n) is 7.95. The van der Waals surface area contributed by atoms with Gasteiger partial charge >= 0.3 is 0 Å². The maximum absolute atomic E-state index is 9.20. The van der Waals surface area contributed by atoms with E-state index >= 15 is 0 Å². The largest absolute Gasteiger partial charge is 0.355 e. The topological polar surface area (TPSA) is 82.7 Å². The Balaban J connectivity index is 1.51. The quantitative estimate of drug-likeness (QED) is 0.893. The monoisotopic (exact) mass is 311 g/mol. The summed E-state index contributed by atoms with van der Waals surface area (Å²) >= 11 is 0. The Hall–Kier alpha value is -2.46. The molecule has 3 rings (SSSR count). The smallest absolute Gasteiger partial charge is 0.146 e. The first-order valence-corrected chi connectivity index (χ1v) is 7.95. The van der Waals surface area contributed by atoms with Crippen LogP contribution in [0.25, 0.3) is 0 Å². The molecule has 0 aliphatic carbocycles. The molecule has 1 aliphatic rings. The van der Waals surface area contributed by atoms with Gasteiger partial charge in [-0.2, -0.15) is 10.4 Å². The number of nitrogens with zero attached hydrogens (tertiary/aromatic N) is 6. The third-order valence-electron chi connectivity index (χ3n) is 4.15. The van der Waals surface area contributed by atoms with Crippen LogP contribution in [0.15, 0.2) is 31.0 Å². The van der Waals surface area contributed by atoms with Crippen molar-refractivity contribution in [3.63, 3.8) is 0 Å². The number of hydrogen-bond acceptors (Lipinski definition) is 6. The lowest BCUT2D eigenvalue weighted by Crippen LogP contribution is -2.46. The van der Waals surface area contributed by atoms with Crippen molar-refractivity contribution in [3.05, 3.63) is 36.5 Å². The number of hydrogen-bond donors (Lipinski definition) is 1. The van der Waals surface area contributed by atoms with E-state index in [9.17, 15) is 5.26 Å². The van der Waals surface area contributed by atoms with Crippen molar-refractivity contribution >= 4 is 5.82 Å². The van der Waals surface area contributed by atoms with Crippen LogP contribution in [0.5, 0.6) is 0 Å². The summed E-state index contributed by atoms with van der Waals surface area (Å²) in [4.78, 5) is 10.5. The summed E-state index contributed by atoms with van der Waals surface area (Å²) in [6.45, 7) is 4.82. The van der Waals surface area contributed by atoms with Gasteiger partial charge in [-0.05, 0) is 31.9 Å². The third kappa shape index (κ3) is 3.85. The Morgan fingerprint density at radius 2 is 2.26 bits per heavy atom. The highest BCUT2D eigenvalue weighted by atomic mass is 15.3. The molecule has 7 nitrogen and oxygen atoms in total. The zero-order valence-corrected chi connectivity index (χ0v) is 13.3. The van der Waals surface area contributed by atoms with Gasteiger partial charge in [0.15, 0.2) is 0 Å². The van der Waals surface area contributed by atoms with Crippen LogP contribution >= 0.6 is 0 Å². The number of anilines is 1. The minimum atomic E-state index is 0.345. The van der Waals surface area contributed by atoms with Gasteiger partial charge in [0, 0.05) is 31.4 Å². The molecule has 0 aromatic carbocycles. The van der Waals surface area contributed by atoms with Crippen LogP contribution in [0.1, 0.15) is 25.3 Å². The molecule has 23 heavy (non-hydrogen) atoms. The molecule has 3 heterocycles. The minimum Gasteiger partial charge on any atom is -0.355 e. The molecule has 2 aromatic heterocycles. The van der Waals surface area contributed by atoms with Gasteiger partial charge in [0.1, 0.15) is 24.5 Å². The maximum Gasteiger partial charge on any atom is 0.146 e. The Bertz CT molecular complexity index is 653. The van der Waals surface area contributed by atoms with E-state index in [1.807, 2.05) is 16.8 Å². The molecule has 2 aromatic rings. The van der Waals surface area contributed by atoms with Crippen LogP contribution in [0.3, 0.4) is 0 Å². The van der Waals surface area contributed by atoms with Gasteiger partial charge in [-0.25, -0.2) is 9.97 Å². The molecule has 0 bridgehead atoms. The number of nitrogens with one attached hydrogen (secondary N) is 1. The first-order chi connectivity index (χ1) is 11.3. The molecule has 1 fully saturated rings. The molecular formula is C16H21N7. The van der Waals surface area contributed by atoms with Crippen LogP contribution in [0.4, 0.5) is 5.82 Å². The number of rotatable bonds is 5. The summed E-state index contributed by atoms with van der Waals surface area (Å²) in [7, 11) is 0. The van der Waals surface area contributed by atoms with Crippen molar-refractivity contribution < 1.29 is 0 Å². The van der Waals surface area contributed by atoms with Crippen molar-refractivity contribution in [2.45, 2.75) is 38.4 Å². The van der Waals surface area contributed by atoms with E-state index in [4.69, 9.17) is 0 Å². The standard InChI is InChI=1S/C16H21N7/c1-13(10-23-12-18-11-20-23)21-15-4-7-22(8-5-15)16-14(9-17)3-2-6-19-16/h2-3,6,11-13,15,21H,4-5,7-8,10H2,1H3/t13-/m1/s1. The third-order valence-corrected chi connectivity index (χ3v) is 4.15. The lowest BCUT2D eigenvalue weighted by molar-refractivity contribution is 0.347. The summed E-state index contributed by atoms with van der Waals surface area (Å²) in [6.07, 6.45) is 7.14. The van der Waals surface area contributed by atoms with Crippen LogP contribution in [0, 0.1) is 11.3 Å². The second kappa shape index (κ2) is 7.20. The predicted molar refractivity (Wildman–Crippen MR) is 86.8 cm³/mol. The summed E-state index contributed by atoms with van der Waals surface area (Å²) < 4.78 is 1.85. The van der Waals surface area contributed by atoms with Crippen LogP contribution in [0.2, 0.25) is 0 Å². The normalized spacial score (nSPS) is 17.0. The maximum atomic E-state index is 9.20. The summed E-state index contributed by atoms with van der Waals surface area (Å²) in [5.41, 5.74) is 0.651. The molecule has 0 unspecified atom stereocenters. The molecule has 0 spiro atoms. The molecule has 1 N–H and O–H groups in total. The van der Waals surface area contributed by atoms with E-state index in [-0.39, 0.29) is 0 Å².